The second kappa shape index (κ2) is 4.85. The first-order chi connectivity index (χ1) is 8.08. The largest absolute Gasteiger partial charge is 0.369 e. The zero-order chi connectivity index (χ0) is 12.4. The van der Waals surface area contributed by atoms with Gasteiger partial charge in [-0.1, -0.05) is 19.1 Å². The standard InChI is InChI=1S/C12H20N4O/c1-8(2)3-6-11-10(7-12(13)17)14-15-16(11)9-4-5-9/h8-9H,3-7H2,1-2H3,(H2,13,17). The van der Waals surface area contributed by atoms with Gasteiger partial charge in [0.1, 0.15) is 0 Å². The monoisotopic (exact) mass is 236 g/mol. The molecule has 1 heterocycles. The van der Waals surface area contributed by atoms with Crippen LogP contribution in [0.15, 0.2) is 0 Å². The van der Waals surface area contributed by atoms with Gasteiger partial charge in [-0.3, -0.25) is 4.79 Å². The highest BCUT2D eigenvalue weighted by molar-refractivity contribution is 5.76. The highest BCUT2D eigenvalue weighted by Crippen LogP contribution is 2.35. The molecular formula is C12H20N4O. The second-order valence-corrected chi connectivity index (χ2v) is 5.23. The minimum Gasteiger partial charge on any atom is -0.369 e. The molecule has 1 fully saturated rings. The van der Waals surface area contributed by atoms with Crippen LogP contribution in [0.3, 0.4) is 0 Å². The smallest absolute Gasteiger partial charge is 0.223 e. The molecular weight excluding hydrogens is 216 g/mol. The van der Waals surface area contributed by atoms with Gasteiger partial charge in [-0.15, -0.1) is 5.10 Å². The van der Waals surface area contributed by atoms with E-state index in [9.17, 15) is 4.79 Å². The maximum Gasteiger partial charge on any atom is 0.223 e. The van der Waals surface area contributed by atoms with Crippen LogP contribution in [0.2, 0.25) is 0 Å². The Morgan fingerprint density at radius 2 is 2.24 bits per heavy atom. The van der Waals surface area contributed by atoms with E-state index in [0.29, 0.717) is 12.0 Å². The molecule has 0 spiro atoms. The van der Waals surface area contributed by atoms with E-state index < -0.39 is 0 Å². The molecule has 1 saturated carbocycles. The lowest BCUT2D eigenvalue weighted by Gasteiger charge is -2.08. The van der Waals surface area contributed by atoms with Gasteiger partial charge in [0.05, 0.1) is 23.9 Å². The van der Waals surface area contributed by atoms with Crippen LogP contribution in [0.5, 0.6) is 0 Å². The van der Waals surface area contributed by atoms with Crippen molar-refractivity contribution >= 4 is 5.91 Å². The number of amides is 1. The molecule has 5 heteroatoms. The fourth-order valence-corrected chi connectivity index (χ4v) is 1.95. The Bertz CT molecular complexity index is 407. The molecule has 94 valence electrons. The van der Waals surface area contributed by atoms with E-state index in [1.54, 1.807) is 0 Å². The van der Waals surface area contributed by atoms with Crippen molar-refractivity contribution in [3.05, 3.63) is 11.4 Å². The van der Waals surface area contributed by atoms with Crippen molar-refractivity contribution in [2.24, 2.45) is 11.7 Å². The molecule has 1 aromatic heterocycles. The molecule has 0 atom stereocenters. The van der Waals surface area contributed by atoms with Crippen LogP contribution in [-0.2, 0) is 17.6 Å². The van der Waals surface area contributed by atoms with Gasteiger partial charge in [0.25, 0.3) is 0 Å². The molecule has 0 unspecified atom stereocenters. The normalized spacial score (nSPS) is 15.5. The molecule has 2 rings (SSSR count). The third-order valence-corrected chi connectivity index (χ3v) is 3.06. The number of carbonyl (C=O) groups is 1. The lowest BCUT2D eigenvalue weighted by atomic mass is 10.0. The number of aromatic nitrogens is 3. The molecule has 0 aromatic carbocycles. The Morgan fingerprint density at radius 1 is 1.53 bits per heavy atom. The van der Waals surface area contributed by atoms with E-state index in [4.69, 9.17) is 5.73 Å². The third-order valence-electron chi connectivity index (χ3n) is 3.06. The van der Waals surface area contributed by atoms with Gasteiger partial charge in [0.15, 0.2) is 0 Å². The van der Waals surface area contributed by atoms with E-state index >= 15 is 0 Å². The van der Waals surface area contributed by atoms with Crippen LogP contribution in [0.25, 0.3) is 0 Å². The Hall–Kier alpha value is -1.39. The summed E-state index contributed by atoms with van der Waals surface area (Å²) in [7, 11) is 0. The molecule has 1 amide bonds. The SMILES string of the molecule is CC(C)CCc1c(CC(N)=O)nnn1C1CC1. The average Bonchev–Trinajstić information content (AvgIpc) is 2.99. The summed E-state index contributed by atoms with van der Waals surface area (Å²) in [5.41, 5.74) is 7.11. The summed E-state index contributed by atoms with van der Waals surface area (Å²) < 4.78 is 2.00. The first-order valence-electron chi connectivity index (χ1n) is 6.29. The molecule has 0 bridgehead atoms. The van der Waals surface area contributed by atoms with E-state index in [-0.39, 0.29) is 12.3 Å². The van der Waals surface area contributed by atoms with Gasteiger partial charge < -0.3 is 5.73 Å². The van der Waals surface area contributed by atoms with Crippen molar-refractivity contribution in [3.63, 3.8) is 0 Å². The van der Waals surface area contributed by atoms with E-state index in [2.05, 4.69) is 24.2 Å². The molecule has 0 radical (unpaired) electrons. The van der Waals surface area contributed by atoms with Crippen molar-refractivity contribution in [1.82, 2.24) is 15.0 Å². The number of nitrogens with zero attached hydrogens (tertiary/aromatic N) is 3. The molecule has 1 aliphatic carbocycles. The molecule has 0 saturated heterocycles. The fourth-order valence-electron chi connectivity index (χ4n) is 1.95. The molecule has 1 aliphatic rings. The molecule has 2 N–H and O–H groups in total. The first-order valence-corrected chi connectivity index (χ1v) is 6.29. The van der Waals surface area contributed by atoms with Gasteiger partial charge in [0.2, 0.25) is 5.91 Å². The topological polar surface area (TPSA) is 73.8 Å². The van der Waals surface area contributed by atoms with E-state index in [0.717, 1.165) is 24.2 Å². The van der Waals surface area contributed by atoms with E-state index in [1.807, 2.05) is 4.68 Å². The van der Waals surface area contributed by atoms with Crippen LogP contribution in [0.1, 0.15) is 50.5 Å². The van der Waals surface area contributed by atoms with Gasteiger partial charge in [-0.25, -0.2) is 4.68 Å². The summed E-state index contributed by atoms with van der Waals surface area (Å²) in [5.74, 6) is 0.303. The van der Waals surface area contributed by atoms with Gasteiger partial charge >= 0.3 is 0 Å². The Balaban J connectivity index is 2.16. The summed E-state index contributed by atoms with van der Waals surface area (Å²) in [6.07, 6.45) is 4.58. The summed E-state index contributed by atoms with van der Waals surface area (Å²) >= 11 is 0. The van der Waals surface area contributed by atoms with Crippen LogP contribution in [-0.4, -0.2) is 20.9 Å². The summed E-state index contributed by atoms with van der Waals surface area (Å²) in [4.78, 5) is 11.0. The highest BCUT2D eigenvalue weighted by atomic mass is 16.1. The number of nitrogens with two attached hydrogens (primary N) is 1. The number of carbonyl (C=O) groups excluding carboxylic acids is 1. The van der Waals surface area contributed by atoms with Crippen LogP contribution in [0.4, 0.5) is 0 Å². The zero-order valence-corrected chi connectivity index (χ0v) is 10.5. The fraction of sp³-hybridized carbons (Fsp3) is 0.750. The average molecular weight is 236 g/mol. The van der Waals surface area contributed by atoms with Gasteiger partial charge in [-0.05, 0) is 31.6 Å². The lowest BCUT2D eigenvalue weighted by molar-refractivity contribution is -0.117. The number of hydrogen-bond donors (Lipinski definition) is 1. The lowest BCUT2D eigenvalue weighted by Crippen LogP contribution is -2.16. The van der Waals surface area contributed by atoms with Crippen molar-refractivity contribution in [2.45, 2.75) is 52.0 Å². The highest BCUT2D eigenvalue weighted by Gasteiger charge is 2.28. The van der Waals surface area contributed by atoms with Crippen LogP contribution < -0.4 is 5.73 Å². The minimum absolute atomic E-state index is 0.208. The van der Waals surface area contributed by atoms with Gasteiger partial charge in [-0.2, -0.15) is 0 Å². The number of hydrogen-bond acceptors (Lipinski definition) is 3. The van der Waals surface area contributed by atoms with E-state index in [1.165, 1.54) is 12.8 Å². The number of rotatable bonds is 6. The van der Waals surface area contributed by atoms with Crippen LogP contribution >= 0.6 is 0 Å². The Labute approximate surface area is 101 Å². The number of primary amides is 1. The van der Waals surface area contributed by atoms with Crippen molar-refractivity contribution < 1.29 is 4.79 Å². The summed E-state index contributed by atoms with van der Waals surface area (Å²) in [5, 5.41) is 8.28. The maximum absolute atomic E-state index is 11.0. The van der Waals surface area contributed by atoms with Crippen molar-refractivity contribution in [2.75, 3.05) is 0 Å². The third kappa shape index (κ3) is 3.05. The summed E-state index contributed by atoms with van der Waals surface area (Å²) in [6.45, 7) is 4.39. The maximum atomic E-state index is 11.0. The van der Waals surface area contributed by atoms with Crippen molar-refractivity contribution in [1.29, 1.82) is 0 Å². The van der Waals surface area contributed by atoms with Gasteiger partial charge in [0, 0.05) is 0 Å². The first kappa shape index (κ1) is 12.1. The summed E-state index contributed by atoms with van der Waals surface area (Å²) in [6, 6.07) is 0.506. The zero-order valence-electron chi connectivity index (χ0n) is 10.5. The predicted molar refractivity (Wildman–Crippen MR) is 64.4 cm³/mol. The molecule has 0 aliphatic heterocycles. The molecule has 5 nitrogen and oxygen atoms in total. The predicted octanol–water partition coefficient (Wildman–Crippen LogP) is 1.23. The second-order valence-electron chi connectivity index (χ2n) is 5.23. The minimum atomic E-state index is -0.335. The quantitative estimate of drug-likeness (QED) is 0.807. The molecule has 17 heavy (non-hydrogen) atoms. The molecule has 1 aromatic rings. The van der Waals surface area contributed by atoms with Crippen LogP contribution in [0, 0.1) is 5.92 Å². The Morgan fingerprint density at radius 3 is 2.76 bits per heavy atom. The Kier molecular flexibility index (Phi) is 3.45. The van der Waals surface area contributed by atoms with Crippen molar-refractivity contribution in [3.8, 4) is 0 Å².